The van der Waals surface area contributed by atoms with Crippen LogP contribution in [-0.2, 0) is 72.7 Å². The summed E-state index contributed by atoms with van der Waals surface area (Å²) in [5.74, 6) is -6.56. The number of anilines is 6. The Kier molecular flexibility index (Phi) is 22.9. The first-order valence-corrected chi connectivity index (χ1v) is 35.2. The molecule has 9 rings (SSSR count). The van der Waals surface area contributed by atoms with Gasteiger partial charge < -0.3 is 55.2 Å². The van der Waals surface area contributed by atoms with Crippen LogP contribution in [0.25, 0.3) is 0 Å². The molecule has 0 radical (unpaired) electrons. The molecule has 0 aliphatic heterocycles. The standard InChI is InChI=1S/C19H21F2IN2O5S.C19H19F2IN2O5S.C19H22FIN2O5S/c2*1-24-8-11(10-30(28,29)19(4-5-19)7-13(26)9-25)17(16(21)18(24)27)23-15-3-2-12(22)6-14(15)20;1-23-9-12(11-29(27,28)19(4-5-19)8-14(25)10-24)17(7-18(23)26)22-16-3-2-13(21)6-15(16)20/h2-3,6,8,13,23,25-26H,4-5,7,9-10H2,1H3;2-3,6,8,23,25H,4-5,7,9-10H2,1H3;2-3,6-7,9,14,22,24-25H,4-5,8,10-11H2,1H3. The number of hydrogen-bond acceptors (Lipinski definition) is 18. The minimum Gasteiger partial charge on any atom is -0.394 e. The van der Waals surface area contributed by atoms with Crippen molar-refractivity contribution in [3.63, 3.8) is 0 Å². The van der Waals surface area contributed by atoms with Crippen molar-refractivity contribution in [3.8, 4) is 0 Å². The van der Waals surface area contributed by atoms with Crippen molar-refractivity contribution in [1.29, 1.82) is 0 Å². The molecule has 3 aromatic heterocycles. The largest absolute Gasteiger partial charge is 0.394 e. The van der Waals surface area contributed by atoms with E-state index >= 15 is 0 Å². The van der Waals surface area contributed by atoms with Gasteiger partial charge in [0.25, 0.3) is 16.7 Å². The predicted octanol–water partition coefficient (Wildman–Crippen LogP) is 6.68. The Labute approximate surface area is 549 Å². The van der Waals surface area contributed by atoms with Gasteiger partial charge in [-0.3, -0.25) is 19.2 Å². The summed E-state index contributed by atoms with van der Waals surface area (Å²) in [6, 6.07) is 14.1. The lowest BCUT2D eigenvalue weighted by Gasteiger charge is -2.21. The monoisotopic (exact) mass is 1640 g/mol. The van der Waals surface area contributed by atoms with Crippen LogP contribution in [0.3, 0.4) is 0 Å². The maximum Gasteiger partial charge on any atom is 0.288 e. The molecule has 8 N–H and O–H groups in total. The van der Waals surface area contributed by atoms with Crippen molar-refractivity contribution in [1.82, 2.24) is 13.7 Å². The second-order valence-electron chi connectivity index (χ2n) is 22.2. The van der Waals surface area contributed by atoms with Crippen LogP contribution in [0.5, 0.6) is 0 Å². The zero-order chi connectivity index (χ0) is 65.9. The lowest BCUT2D eigenvalue weighted by atomic mass is 10.2. The van der Waals surface area contributed by atoms with Gasteiger partial charge in [-0.25, -0.2) is 38.4 Å². The molecule has 2 atom stereocenters. The highest BCUT2D eigenvalue weighted by Gasteiger charge is 2.57. The number of carbonyl (C=O) groups is 1. The number of carbonyl (C=O) groups excluding carboxylic acids is 1. The molecule has 3 fully saturated rings. The summed E-state index contributed by atoms with van der Waals surface area (Å²) < 4.78 is 152. The smallest absolute Gasteiger partial charge is 0.288 e. The van der Waals surface area contributed by atoms with E-state index in [1.807, 2.05) is 67.8 Å². The van der Waals surface area contributed by atoms with Gasteiger partial charge in [0.15, 0.2) is 35.3 Å². The predicted molar refractivity (Wildman–Crippen MR) is 348 cm³/mol. The Morgan fingerprint density at radius 2 is 0.854 bits per heavy atom. The lowest BCUT2D eigenvalue weighted by Crippen LogP contribution is -2.32. The summed E-state index contributed by atoms with van der Waals surface area (Å²) in [7, 11) is -7.42. The number of Topliss-reactive ketones (excluding diaryl/α,β-unsaturated/α-hetero) is 1. The minimum atomic E-state index is -3.93. The highest BCUT2D eigenvalue weighted by atomic mass is 127. The second-order valence-corrected chi connectivity index (χ2v) is 33.1. The van der Waals surface area contributed by atoms with Crippen LogP contribution in [0.15, 0.2) is 93.6 Å². The van der Waals surface area contributed by atoms with Crippen LogP contribution >= 0.6 is 67.8 Å². The number of sulfone groups is 3. The van der Waals surface area contributed by atoms with Crippen molar-refractivity contribution >= 4 is 137 Å². The molecule has 3 aliphatic carbocycles. The summed E-state index contributed by atoms with van der Waals surface area (Å²) in [5.41, 5.74) is -2.80. The van der Waals surface area contributed by atoms with E-state index in [0.717, 1.165) is 9.13 Å². The summed E-state index contributed by atoms with van der Waals surface area (Å²) in [5, 5.41) is 54.4. The molecular weight excluding hydrogens is 1580 g/mol. The van der Waals surface area contributed by atoms with Gasteiger partial charge in [0.1, 0.15) is 24.1 Å². The molecule has 0 amide bonds. The molecule has 21 nitrogen and oxygen atoms in total. The number of ketones is 1. The number of aliphatic hydroxyl groups is 5. The van der Waals surface area contributed by atoms with Crippen LogP contribution in [0.4, 0.5) is 56.1 Å². The quantitative estimate of drug-likeness (QED) is 0.0231. The molecule has 0 saturated heterocycles. The first-order chi connectivity index (χ1) is 41.6. The molecule has 32 heteroatoms. The van der Waals surface area contributed by atoms with Gasteiger partial charge in [0.05, 0.1) is 85.4 Å². The fraction of sp³-hybridized carbons (Fsp3) is 0.404. The molecule has 89 heavy (non-hydrogen) atoms. The molecule has 3 saturated carbocycles. The number of aromatic nitrogens is 3. The van der Waals surface area contributed by atoms with Gasteiger partial charge in [-0.05, 0) is 174 Å². The Bertz CT molecular complexity index is 4240. The Balaban J connectivity index is 0.000000190. The van der Waals surface area contributed by atoms with E-state index in [4.69, 9.17) is 15.3 Å². The molecule has 0 bridgehead atoms. The summed E-state index contributed by atoms with van der Waals surface area (Å²) in [6.45, 7) is -1.83. The van der Waals surface area contributed by atoms with Crippen LogP contribution < -0.4 is 32.6 Å². The molecule has 3 heterocycles. The van der Waals surface area contributed by atoms with Gasteiger partial charge in [0.2, 0.25) is 11.6 Å². The van der Waals surface area contributed by atoms with E-state index in [9.17, 15) is 76.6 Å². The number of halogens is 8. The van der Waals surface area contributed by atoms with Gasteiger partial charge in [-0.2, -0.15) is 8.78 Å². The number of nitrogens with one attached hydrogen (secondary N) is 3. The van der Waals surface area contributed by atoms with E-state index < -0.39 is 145 Å². The van der Waals surface area contributed by atoms with Gasteiger partial charge in [0, 0.05) is 85.3 Å². The van der Waals surface area contributed by atoms with Crippen molar-refractivity contribution in [2.45, 2.75) is 101 Å². The average molecular weight is 1640 g/mol. The van der Waals surface area contributed by atoms with Crippen molar-refractivity contribution < 1.29 is 77.5 Å². The summed E-state index contributed by atoms with van der Waals surface area (Å²) in [4.78, 5) is 47.9. The van der Waals surface area contributed by atoms with Crippen molar-refractivity contribution in [3.05, 3.63) is 167 Å². The molecule has 6 aromatic rings. The van der Waals surface area contributed by atoms with E-state index in [-0.39, 0.29) is 77.3 Å². The van der Waals surface area contributed by atoms with E-state index in [0.29, 0.717) is 42.0 Å². The third-order valence-corrected chi connectivity index (χ3v) is 25.2. The molecule has 0 spiro atoms. The van der Waals surface area contributed by atoms with Gasteiger partial charge in [-0.1, -0.05) is 0 Å². The first-order valence-electron chi connectivity index (χ1n) is 27.0. The molecule has 3 aromatic carbocycles. The number of hydrogen-bond donors (Lipinski definition) is 8. The number of benzene rings is 3. The molecular formula is C57H62F5I3N6O15S3. The number of nitrogens with zero attached hydrogens (tertiary/aromatic N) is 3. The Morgan fingerprint density at radius 3 is 1.19 bits per heavy atom. The first kappa shape index (κ1) is 71.5. The Hall–Kier alpha value is -4.93. The van der Waals surface area contributed by atoms with Gasteiger partial charge >= 0.3 is 0 Å². The third-order valence-electron chi connectivity index (χ3n) is 15.5. The number of rotatable bonds is 24. The highest BCUT2D eigenvalue weighted by Crippen LogP contribution is 2.51. The highest BCUT2D eigenvalue weighted by molar-refractivity contribution is 14.1. The number of pyridine rings is 3. The molecule has 484 valence electrons. The van der Waals surface area contributed by atoms with E-state index in [1.165, 1.54) is 86.8 Å². The minimum absolute atomic E-state index is 0.0303. The SMILES string of the molecule is Cn1cc(CS(=O)(=O)C2(CC(=O)CO)CC2)c(Nc2ccc(I)cc2F)c(F)c1=O.Cn1cc(CS(=O)(=O)C2(CC(O)CO)CC2)c(Nc2ccc(I)cc2F)c(F)c1=O.Cn1cc(CS(=O)(=O)C2(CC(O)CO)CC2)c(Nc2ccc(I)cc2F)cc1=O. The summed E-state index contributed by atoms with van der Waals surface area (Å²) >= 11 is 5.79. The topological polar surface area (TPSA) is 323 Å². The molecule has 3 aliphatic rings. The van der Waals surface area contributed by atoms with E-state index in [1.54, 1.807) is 18.2 Å². The van der Waals surface area contributed by atoms with Crippen LogP contribution in [0, 0.1) is 39.8 Å². The van der Waals surface area contributed by atoms with Crippen molar-refractivity contribution in [2.75, 3.05) is 35.8 Å². The number of aryl methyl sites for hydroxylation is 3. The maximum atomic E-state index is 14.8. The third kappa shape index (κ3) is 16.8. The average Bonchev–Trinajstić information content (AvgIpc) is 1.58. The Morgan fingerprint density at radius 1 is 0.517 bits per heavy atom. The molecule has 2 unspecified atom stereocenters. The van der Waals surface area contributed by atoms with Crippen molar-refractivity contribution in [2.24, 2.45) is 21.1 Å². The van der Waals surface area contributed by atoms with Crippen LogP contribution in [-0.4, -0.2) is 117 Å². The fourth-order valence-corrected chi connectivity index (χ4v) is 17.5. The zero-order valence-electron chi connectivity index (χ0n) is 47.7. The normalized spacial score (nSPS) is 16.0. The second kappa shape index (κ2) is 28.5. The summed E-state index contributed by atoms with van der Waals surface area (Å²) in [6.07, 6.45) is 2.98. The number of aliphatic hydroxyl groups excluding tert-OH is 5. The van der Waals surface area contributed by atoms with Crippen LogP contribution in [0.2, 0.25) is 0 Å². The fourth-order valence-electron chi connectivity index (χ4n) is 9.89. The van der Waals surface area contributed by atoms with Crippen LogP contribution in [0.1, 0.15) is 74.5 Å². The zero-order valence-corrected chi connectivity index (χ0v) is 56.6. The van der Waals surface area contributed by atoms with Gasteiger partial charge in [-0.15, -0.1) is 0 Å². The maximum absolute atomic E-state index is 14.8. The lowest BCUT2D eigenvalue weighted by molar-refractivity contribution is -0.121. The van der Waals surface area contributed by atoms with E-state index in [2.05, 4.69) is 16.0 Å².